The first kappa shape index (κ1) is 16.9. The van der Waals surface area contributed by atoms with E-state index < -0.39 is 0 Å². The first-order valence-corrected chi connectivity index (χ1v) is 9.31. The Morgan fingerprint density at radius 2 is 2.17 bits per heavy atom. The number of carbonyl (C=O) groups is 2. The van der Waals surface area contributed by atoms with E-state index in [-0.39, 0.29) is 23.9 Å². The van der Waals surface area contributed by atoms with Gasteiger partial charge < -0.3 is 15.5 Å². The molecule has 5 nitrogen and oxygen atoms in total. The van der Waals surface area contributed by atoms with Gasteiger partial charge in [-0.05, 0) is 24.6 Å². The summed E-state index contributed by atoms with van der Waals surface area (Å²) in [6, 6.07) is 4.47. The van der Waals surface area contributed by atoms with Crippen LogP contribution in [0.15, 0.2) is 18.2 Å². The predicted octanol–water partition coefficient (Wildman–Crippen LogP) is 1.99. The Morgan fingerprint density at radius 3 is 2.87 bits per heavy atom. The second-order valence-electron chi connectivity index (χ2n) is 5.63. The highest BCUT2D eigenvalue weighted by atomic mass is 35.5. The molecular formula is C15H17Cl2N3O2S. The fourth-order valence-electron chi connectivity index (χ4n) is 2.78. The first-order valence-electron chi connectivity index (χ1n) is 7.40. The molecule has 2 N–H and O–H groups in total. The number of nitrogens with one attached hydrogen (secondary N) is 2. The molecule has 2 amide bonds. The van der Waals surface area contributed by atoms with E-state index in [9.17, 15) is 9.59 Å². The van der Waals surface area contributed by atoms with Gasteiger partial charge in [0.25, 0.3) is 5.91 Å². The van der Waals surface area contributed by atoms with Crippen molar-refractivity contribution in [1.82, 2.24) is 15.5 Å². The normalized spacial score (nSPS) is 24.0. The number of carbonyl (C=O) groups excluding carboxylic acids is 2. The Bertz CT molecular complexity index is 623. The zero-order valence-corrected chi connectivity index (χ0v) is 14.7. The van der Waals surface area contributed by atoms with Crippen molar-refractivity contribution in [2.75, 3.05) is 24.7 Å². The first-order chi connectivity index (χ1) is 11.0. The van der Waals surface area contributed by atoms with E-state index in [1.165, 1.54) is 0 Å². The molecule has 2 fully saturated rings. The van der Waals surface area contributed by atoms with Gasteiger partial charge in [-0.1, -0.05) is 23.2 Å². The van der Waals surface area contributed by atoms with E-state index in [1.807, 2.05) is 4.90 Å². The smallest absolute Gasteiger partial charge is 0.253 e. The molecule has 1 aromatic carbocycles. The third kappa shape index (κ3) is 3.94. The third-order valence-electron chi connectivity index (χ3n) is 4.00. The van der Waals surface area contributed by atoms with Gasteiger partial charge in [0.1, 0.15) is 0 Å². The van der Waals surface area contributed by atoms with Crippen molar-refractivity contribution >= 4 is 46.8 Å². The van der Waals surface area contributed by atoms with E-state index >= 15 is 0 Å². The number of thioether (sulfide) groups is 1. The molecule has 2 saturated heterocycles. The van der Waals surface area contributed by atoms with Crippen LogP contribution in [0.3, 0.4) is 0 Å². The van der Waals surface area contributed by atoms with Crippen molar-refractivity contribution in [2.24, 2.45) is 0 Å². The van der Waals surface area contributed by atoms with Crippen LogP contribution in [0.4, 0.5) is 0 Å². The maximum absolute atomic E-state index is 12.3. The van der Waals surface area contributed by atoms with Crippen LogP contribution in [0.25, 0.3) is 0 Å². The maximum atomic E-state index is 12.3. The summed E-state index contributed by atoms with van der Waals surface area (Å²) >= 11 is 13.7. The monoisotopic (exact) mass is 373 g/mol. The molecule has 0 bridgehead atoms. The van der Waals surface area contributed by atoms with Crippen LogP contribution in [0.5, 0.6) is 0 Å². The summed E-state index contributed by atoms with van der Waals surface area (Å²) in [6.45, 7) is 1.38. The lowest BCUT2D eigenvalue weighted by molar-refractivity contribution is -0.131. The van der Waals surface area contributed by atoms with Crippen molar-refractivity contribution < 1.29 is 9.59 Å². The number of halogens is 2. The van der Waals surface area contributed by atoms with Crippen molar-refractivity contribution in [3.05, 3.63) is 33.8 Å². The quantitative estimate of drug-likeness (QED) is 0.850. The van der Waals surface area contributed by atoms with Crippen LogP contribution >= 0.6 is 35.0 Å². The van der Waals surface area contributed by atoms with Gasteiger partial charge in [-0.15, -0.1) is 11.8 Å². The fourth-order valence-corrected chi connectivity index (χ4v) is 4.23. The number of amides is 2. The summed E-state index contributed by atoms with van der Waals surface area (Å²) in [5.74, 6) is 1.63. The Labute approximate surface area is 149 Å². The predicted molar refractivity (Wildman–Crippen MR) is 93.2 cm³/mol. The van der Waals surface area contributed by atoms with Crippen molar-refractivity contribution in [2.45, 2.75) is 18.5 Å². The summed E-state index contributed by atoms with van der Waals surface area (Å²) in [5, 5.41) is 6.93. The molecule has 2 aliphatic heterocycles. The molecule has 0 unspecified atom stereocenters. The Balaban J connectivity index is 1.57. The van der Waals surface area contributed by atoms with Crippen LogP contribution in [-0.4, -0.2) is 53.5 Å². The highest BCUT2D eigenvalue weighted by molar-refractivity contribution is 7.99. The molecule has 0 saturated carbocycles. The Kier molecular flexibility index (Phi) is 5.36. The molecule has 2 atom stereocenters. The number of benzene rings is 1. The largest absolute Gasteiger partial charge is 0.348 e. The van der Waals surface area contributed by atoms with Crippen LogP contribution in [-0.2, 0) is 4.79 Å². The summed E-state index contributed by atoms with van der Waals surface area (Å²) in [6.07, 6.45) is 0.594. The van der Waals surface area contributed by atoms with E-state index in [0.29, 0.717) is 28.6 Å². The van der Waals surface area contributed by atoms with Gasteiger partial charge >= 0.3 is 0 Å². The number of nitrogens with zero attached hydrogens (tertiary/aromatic N) is 1. The highest BCUT2D eigenvalue weighted by Gasteiger charge is 2.34. The number of rotatable bonds is 3. The Morgan fingerprint density at radius 1 is 1.35 bits per heavy atom. The van der Waals surface area contributed by atoms with Crippen LogP contribution < -0.4 is 10.6 Å². The van der Waals surface area contributed by atoms with Gasteiger partial charge in [-0.25, -0.2) is 0 Å². The molecule has 0 spiro atoms. The lowest BCUT2D eigenvalue weighted by atomic mass is 10.1. The lowest BCUT2D eigenvalue weighted by Gasteiger charge is -2.19. The number of hydrogen-bond donors (Lipinski definition) is 2. The van der Waals surface area contributed by atoms with Crippen LogP contribution in [0, 0.1) is 0 Å². The van der Waals surface area contributed by atoms with E-state index in [2.05, 4.69) is 10.6 Å². The molecule has 8 heteroatoms. The van der Waals surface area contributed by atoms with Gasteiger partial charge in [0.05, 0.1) is 22.5 Å². The minimum absolute atomic E-state index is 0.0848. The molecule has 0 aromatic heterocycles. The van der Waals surface area contributed by atoms with Gasteiger partial charge in [0.2, 0.25) is 5.91 Å². The van der Waals surface area contributed by atoms with Crippen LogP contribution in [0.2, 0.25) is 10.0 Å². The molecule has 23 heavy (non-hydrogen) atoms. The second-order valence-corrected chi connectivity index (χ2v) is 7.55. The molecule has 2 heterocycles. The topological polar surface area (TPSA) is 61.4 Å². The summed E-state index contributed by atoms with van der Waals surface area (Å²) in [4.78, 5) is 26.5. The molecule has 0 radical (unpaired) electrons. The SMILES string of the molecule is O=C(N[C@@H]1CN[C@H](C(=O)N2CCSC2)C1)c1ccc(Cl)cc1Cl. The summed E-state index contributed by atoms with van der Waals surface area (Å²) in [5.41, 5.74) is 0.391. The van der Waals surface area contributed by atoms with E-state index in [1.54, 1.807) is 30.0 Å². The lowest BCUT2D eigenvalue weighted by Crippen LogP contribution is -2.42. The van der Waals surface area contributed by atoms with Crippen molar-refractivity contribution in [1.29, 1.82) is 0 Å². The van der Waals surface area contributed by atoms with Crippen molar-refractivity contribution in [3.63, 3.8) is 0 Å². The number of hydrogen-bond acceptors (Lipinski definition) is 4. The molecule has 3 rings (SSSR count). The zero-order chi connectivity index (χ0) is 16.4. The van der Waals surface area contributed by atoms with E-state index in [0.717, 1.165) is 18.2 Å². The molecule has 0 aliphatic carbocycles. The molecular weight excluding hydrogens is 357 g/mol. The van der Waals surface area contributed by atoms with E-state index in [4.69, 9.17) is 23.2 Å². The van der Waals surface area contributed by atoms with Gasteiger partial charge in [0, 0.05) is 29.9 Å². The standard InChI is InChI=1S/C15H17Cl2N3O2S/c16-9-1-2-11(12(17)5-9)14(21)19-10-6-13(18-7-10)15(22)20-3-4-23-8-20/h1-2,5,10,13,18H,3-4,6-8H2,(H,19,21)/t10-,13-/m0/s1. The summed E-state index contributed by atoms with van der Waals surface area (Å²) < 4.78 is 0. The van der Waals surface area contributed by atoms with Crippen molar-refractivity contribution in [3.8, 4) is 0 Å². The van der Waals surface area contributed by atoms with Crippen LogP contribution in [0.1, 0.15) is 16.8 Å². The second kappa shape index (κ2) is 7.30. The highest BCUT2D eigenvalue weighted by Crippen LogP contribution is 2.22. The minimum atomic E-state index is -0.247. The molecule has 2 aliphatic rings. The fraction of sp³-hybridized carbons (Fsp3) is 0.467. The van der Waals surface area contributed by atoms with Gasteiger partial charge in [-0.2, -0.15) is 0 Å². The minimum Gasteiger partial charge on any atom is -0.348 e. The maximum Gasteiger partial charge on any atom is 0.253 e. The Hall–Kier alpha value is -0.950. The molecule has 1 aromatic rings. The third-order valence-corrected chi connectivity index (χ3v) is 5.52. The zero-order valence-electron chi connectivity index (χ0n) is 12.4. The summed E-state index contributed by atoms with van der Waals surface area (Å²) in [7, 11) is 0. The average molecular weight is 374 g/mol. The molecule has 124 valence electrons. The van der Waals surface area contributed by atoms with Gasteiger partial charge in [0.15, 0.2) is 0 Å². The van der Waals surface area contributed by atoms with Gasteiger partial charge in [-0.3, -0.25) is 9.59 Å². The average Bonchev–Trinajstić information content (AvgIpc) is 3.17.